The van der Waals surface area contributed by atoms with Gasteiger partial charge in [0.1, 0.15) is 5.82 Å². The smallest absolute Gasteiger partial charge is 0.139 e. The molecule has 1 N–H and O–H groups in total. The van der Waals surface area contributed by atoms with Crippen LogP contribution in [0.15, 0.2) is 22.8 Å². The van der Waals surface area contributed by atoms with Crippen molar-refractivity contribution in [1.29, 1.82) is 0 Å². The van der Waals surface area contributed by atoms with E-state index in [-0.39, 0.29) is 5.82 Å². The van der Waals surface area contributed by atoms with Gasteiger partial charge in [-0.05, 0) is 47.4 Å². The second-order valence-corrected chi connectivity index (χ2v) is 5.24. The standard InChI is InChI=1S/C13H16BrFN4/c1-3-4-16-7-10-8-19(18-17-10)13-6-12(15)11(14)5-9(13)2/h5-6,8,16H,3-4,7H2,1-2H3. The molecule has 1 aromatic heterocycles. The molecule has 6 heteroatoms. The lowest BCUT2D eigenvalue weighted by atomic mass is 10.2. The van der Waals surface area contributed by atoms with Crippen molar-refractivity contribution in [3.8, 4) is 5.69 Å². The van der Waals surface area contributed by atoms with Crippen LogP contribution in [0, 0.1) is 12.7 Å². The van der Waals surface area contributed by atoms with Crippen molar-refractivity contribution in [1.82, 2.24) is 20.3 Å². The first kappa shape index (κ1) is 14.1. The molecule has 0 aliphatic rings. The Labute approximate surface area is 120 Å². The molecule has 0 spiro atoms. The summed E-state index contributed by atoms with van der Waals surface area (Å²) < 4.78 is 15.6. The van der Waals surface area contributed by atoms with Gasteiger partial charge in [-0.1, -0.05) is 12.1 Å². The molecule has 1 heterocycles. The van der Waals surface area contributed by atoms with Gasteiger partial charge in [-0.25, -0.2) is 9.07 Å². The van der Waals surface area contributed by atoms with Crippen LogP contribution in [0.3, 0.4) is 0 Å². The summed E-state index contributed by atoms with van der Waals surface area (Å²) in [6.45, 7) is 5.64. The lowest BCUT2D eigenvalue weighted by Crippen LogP contribution is -2.13. The van der Waals surface area contributed by atoms with Gasteiger partial charge in [-0.3, -0.25) is 0 Å². The second-order valence-electron chi connectivity index (χ2n) is 4.38. The Bertz CT molecular complexity index is 568. The van der Waals surface area contributed by atoms with Gasteiger partial charge in [0.05, 0.1) is 22.1 Å². The highest BCUT2D eigenvalue weighted by Gasteiger charge is 2.09. The number of hydrogen-bond donors (Lipinski definition) is 1. The molecule has 0 aliphatic heterocycles. The topological polar surface area (TPSA) is 42.7 Å². The molecule has 4 nitrogen and oxygen atoms in total. The van der Waals surface area contributed by atoms with E-state index in [0.29, 0.717) is 16.7 Å². The van der Waals surface area contributed by atoms with Gasteiger partial charge in [0.2, 0.25) is 0 Å². The molecular weight excluding hydrogens is 311 g/mol. The predicted octanol–water partition coefficient (Wildman–Crippen LogP) is 2.98. The van der Waals surface area contributed by atoms with Crippen LogP contribution in [0.25, 0.3) is 5.69 Å². The first-order valence-electron chi connectivity index (χ1n) is 6.19. The van der Waals surface area contributed by atoms with Crippen molar-refractivity contribution < 1.29 is 4.39 Å². The number of nitrogens with zero attached hydrogens (tertiary/aromatic N) is 3. The summed E-state index contributed by atoms with van der Waals surface area (Å²) in [4.78, 5) is 0. The van der Waals surface area contributed by atoms with Gasteiger partial charge in [-0.2, -0.15) is 0 Å². The SMILES string of the molecule is CCCNCc1cn(-c2cc(F)c(Br)cc2C)nn1. The summed E-state index contributed by atoms with van der Waals surface area (Å²) in [7, 11) is 0. The summed E-state index contributed by atoms with van der Waals surface area (Å²) in [6.07, 6.45) is 2.89. The molecule has 0 radical (unpaired) electrons. The number of halogens is 2. The van der Waals surface area contributed by atoms with Crippen molar-refractivity contribution in [2.24, 2.45) is 0 Å². The van der Waals surface area contributed by atoms with E-state index in [0.717, 1.165) is 24.2 Å². The highest BCUT2D eigenvalue weighted by atomic mass is 79.9. The number of nitrogens with one attached hydrogen (secondary N) is 1. The van der Waals surface area contributed by atoms with Crippen molar-refractivity contribution in [3.63, 3.8) is 0 Å². The highest BCUT2D eigenvalue weighted by molar-refractivity contribution is 9.10. The number of hydrogen-bond acceptors (Lipinski definition) is 3. The van der Waals surface area contributed by atoms with Crippen molar-refractivity contribution in [3.05, 3.63) is 39.9 Å². The fraction of sp³-hybridized carbons (Fsp3) is 0.385. The fourth-order valence-corrected chi connectivity index (χ4v) is 2.23. The van der Waals surface area contributed by atoms with Gasteiger partial charge < -0.3 is 5.32 Å². The van der Waals surface area contributed by atoms with E-state index < -0.39 is 0 Å². The van der Waals surface area contributed by atoms with Gasteiger partial charge in [0, 0.05) is 12.6 Å². The molecule has 0 saturated heterocycles. The Morgan fingerprint density at radius 2 is 2.21 bits per heavy atom. The summed E-state index contributed by atoms with van der Waals surface area (Å²) >= 11 is 3.17. The van der Waals surface area contributed by atoms with E-state index in [1.807, 2.05) is 13.1 Å². The van der Waals surface area contributed by atoms with Crippen LogP contribution in [0.1, 0.15) is 24.6 Å². The molecular formula is C13H16BrFN4. The van der Waals surface area contributed by atoms with E-state index in [1.165, 1.54) is 6.07 Å². The zero-order chi connectivity index (χ0) is 13.8. The summed E-state index contributed by atoms with van der Waals surface area (Å²) in [5.74, 6) is -0.304. The third-order valence-corrected chi connectivity index (χ3v) is 3.37. The first-order valence-corrected chi connectivity index (χ1v) is 6.99. The highest BCUT2D eigenvalue weighted by Crippen LogP contribution is 2.22. The minimum absolute atomic E-state index is 0.304. The van der Waals surface area contributed by atoms with Crippen LogP contribution in [-0.4, -0.2) is 21.5 Å². The van der Waals surface area contributed by atoms with Crippen molar-refractivity contribution >= 4 is 15.9 Å². The van der Waals surface area contributed by atoms with E-state index in [1.54, 1.807) is 10.7 Å². The third-order valence-electron chi connectivity index (χ3n) is 2.76. The molecule has 102 valence electrons. The first-order chi connectivity index (χ1) is 9.11. The molecule has 19 heavy (non-hydrogen) atoms. The van der Waals surface area contributed by atoms with Crippen molar-refractivity contribution in [2.45, 2.75) is 26.8 Å². The molecule has 0 unspecified atom stereocenters. The van der Waals surface area contributed by atoms with Crippen LogP contribution >= 0.6 is 15.9 Å². The molecule has 2 rings (SSSR count). The molecule has 0 atom stereocenters. The maximum absolute atomic E-state index is 13.6. The molecule has 0 amide bonds. The lowest BCUT2D eigenvalue weighted by Gasteiger charge is -2.06. The zero-order valence-electron chi connectivity index (χ0n) is 11.0. The van der Waals surface area contributed by atoms with Crippen LogP contribution in [-0.2, 0) is 6.54 Å². The largest absolute Gasteiger partial charge is 0.311 e. The lowest BCUT2D eigenvalue weighted by molar-refractivity contribution is 0.617. The van der Waals surface area contributed by atoms with Gasteiger partial charge in [-0.15, -0.1) is 5.10 Å². The average molecular weight is 327 g/mol. The van der Waals surface area contributed by atoms with Crippen molar-refractivity contribution in [2.75, 3.05) is 6.54 Å². The number of aromatic nitrogens is 3. The van der Waals surface area contributed by atoms with Gasteiger partial charge in [0.15, 0.2) is 0 Å². The molecule has 1 aromatic carbocycles. The monoisotopic (exact) mass is 326 g/mol. The number of aryl methyl sites for hydroxylation is 1. The quantitative estimate of drug-likeness (QED) is 0.859. The van der Waals surface area contributed by atoms with Gasteiger partial charge >= 0.3 is 0 Å². The normalized spacial score (nSPS) is 10.9. The van der Waals surface area contributed by atoms with E-state index in [4.69, 9.17) is 0 Å². The molecule has 0 fully saturated rings. The summed E-state index contributed by atoms with van der Waals surface area (Å²) in [5, 5.41) is 11.4. The Morgan fingerprint density at radius 3 is 2.95 bits per heavy atom. The maximum atomic E-state index is 13.6. The van der Waals surface area contributed by atoms with E-state index in [2.05, 4.69) is 38.5 Å². The summed E-state index contributed by atoms with van der Waals surface area (Å²) in [5.41, 5.74) is 2.48. The maximum Gasteiger partial charge on any atom is 0.139 e. The Kier molecular flexibility index (Phi) is 4.66. The fourth-order valence-electron chi connectivity index (χ4n) is 1.77. The predicted molar refractivity (Wildman–Crippen MR) is 75.8 cm³/mol. The van der Waals surface area contributed by atoms with E-state index >= 15 is 0 Å². The van der Waals surface area contributed by atoms with Crippen LogP contribution in [0.2, 0.25) is 0 Å². The number of benzene rings is 1. The average Bonchev–Trinajstić information content (AvgIpc) is 2.83. The van der Waals surface area contributed by atoms with Gasteiger partial charge in [0.25, 0.3) is 0 Å². The van der Waals surface area contributed by atoms with Crippen LogP contribution in [0.4, 0.5) is 4.39 Å². The Hall–Kier alpha value is -1.27. The minimum Gasteiger partial charge on any atom is -0.311 e. The summed E-state index contributed by atoms with van der Waals surface area (Å²) in [6, 6.07) is 3.19. The van der Waals surface area contributed by atoms with Crippen LogP contribution < -0.4 is 5.32 Å². The number of rotatable bonds is 5. The molecule has 0 bridgehead atoms. The van der Waals surface area contributed by atoms with Crippen LogP contribution in [0.5, 0.6) is 0 Å². The third kappa shape index (κ3) is 3.39. The van der Waals surface area contributed by atoms with E-state index in [9.17, 15) is 4.39 Å². The zero-order valence-corrected chi connectivity index (χ0v) is 12.5. The minimum atomic E-state index is -0.304. The Morgan fingerprint density at radius 1 is 1.42 bits per heavy atom. The molecule has 2 aromatic rings. The second kappa shape index (κ2) is 6.25. The Balaban J connectivity index is 2.20. The molecule has 0 saturated carbocycles. The molecule has 0 aliphatic carbocycles.